The van der Waals surface area contributed by atoms with Crippen LogP contribution in [-0.4, -0.2) is 37.1 Å². The summed E-state index contributed by atoms with van der Waals surface area (Å²) in [6.45, 7) is 3.55. The van der Waals surface area contributed by atoms with Gasteiger partial charge in [-0.1, -0.05) is 19.3 Å². The first-order valence-electron chi connectivity index (χ1n) is 7.03. The first kappa shape index (κ1) is 12.4. The average molecular weight is 224 g/mol. The third-order valence-electron chi connectivity index (χ3n) is 4.92. The van der Waals surface area contributed by atoms with Crippen LogP contribution in [-0.2, 0) is 0 Å². The lowest BCUT2D eigenvalue weighted by atomic mass is 9.75. The van der Waals surface area contributed by atoms with Crippen LogP contribution in [0.3, 0.4) is 0 Å². The number of rotatable bonds is 6. The predicted molar refractivity (Wildman–Crippen MR) is 69.7 cm³/mol. The highest BCUT2D eigenvalue weighted by atomic mass is 15.2. The summed E-state index contributed by atoms with van der Waals surface area (Å²) in [5.74, 6) is 1.03. The number of nitrogens with zero attached hydrogens (tertiary/aromatic N) is 1. The van der Waals surface area contributed by atoms with Gasteiger partial charge in [-0.25, -0.2) is 0 Å². The molecule has 0 bridgehead atoms. The molecule has 0 radical (unpaired) electrons. The Morgan fingerprint density at radius 3 is 2.31 bits per heavy atom. The third kappa shape index (κ3) is 2.60. The van der Waals surface area contributed by atoms with E-state index in [1.165, 1.54) is 51.5 Å². The summed E-state index contributed by atoms with van der Waals surface area (Å²) in [5.41, 5.74) is 0.480. The van der Waals surface area contributed by atoms with E-state index in [1.54, 1.807) is 0 Å². The Hall–Kier alpha value is -0.0800. The summed E-state index contributed by atoms with van der Waals surface area (Å²) in [6.07, 6.45) is 9.99. The minimum atomic E-state index is 0.480. The quantitative estimate of drug-likeness (QED) is 0.746. The van der Waals surface area contributed by atoms with Gasteiger partial charge in [0.05, 0.1) is 0 Å². The van der Waals surface area contributed by atoms with Crippen molar-refractivity contribution in [3.05, 3.63) is 0 Å². The fraction of sp³-hybridized carbons (Fsp3) is 1.00. The molecule has 0 aromatic heterocycles. The topological polar surface area (TPSA) is 15.3 Å². The minimum Gasteiger partial charge on any atom is -0.312 e. The van der Waals surface area contributed by atoms with Crippen molar-refractivity contribution >= 4 is 0 Å². The molecule has 1 N–H and O–H groups in total. The fourth-order valence-corrected chi connectivity index (χ4v) is 3.04. The van der Waals surface area contributed by atoms with Crippen molar-refractivity contribution in [1.82, 2.24) is 10.2 Å². The summed E-state index contributed by atoms with van der Waals surface area (Å²) >= 11 is 0. The fourth-order valence-electron chi connectivity index (χ4n) is 3.04. The van der Waals surface area contributed by atoms with E-state index in [0.717, 1.165) is 5.92 Å². The molecule has 2 aliphatic rings. The molecular formula is C14H28N2. The second-order valence-corrected chi connectivity index (χ2v) is 6.29. The van der Waals surface area contributed by atoms with Gasteiger partial charge in [-0.2, -0.15) is 0 Å². The van der Waals surface area contributed by atoms with E-state index in [0.29, 0.717) is 11.6 Å². The second-order valence-electron chi connectivity index (χ2n) is 6.29. The van der Waals surface area contributed by atoms with Crippen molar-refractivity contribution in [2.24, 2.45) is 5.92 Å². The molecule has 2 saturated carbocycles. The zero-order valence-electron chi connectivity index (χ0n) is 11.3. The lowest BCUT2D eigenvalue weighted by Gasteiger charge is -2.48. The summed E-state index contributed by atoms with van der Waals surface area (Å²) in [6, 6.07) is 0.711. The van der Waals surface area contributed by atoms with Gasteiger partial charge in [0.1, 0.15) is 0 Å². The van der Waals surface area contributed by atoms with Gasteiger partial charge >= 0.3 is 0 Å². The van der Waals surface area contributed by atoms with Gasteiger partial charge in [-0.15, -0.1) is 0 Å². The lowest BCUT2D eigenvalue weighted by Crippen LogP contribution is -2.57. The highest BCUT2D eigenvalue weighted by Crippen LogP contribution is 2.36. The second kappa shape index (κ2) is 5.05. The van der Waals surface area contributed by atoms with Gasteiger partial charge in [-0.05, 0) is 52.6 Å². The molecule has 2 fully saturated rings. The number of likely N-dealkylation sites (N-methyl/N-ethyl adjacent to an activating group) is 1. The van der Waals surface area contributed by atoms with Gasteiger partial charge in [-0.3, -0.25) is 0 Å². The minimum absolute atomic E-state index is 0.480. The third-order valence-corrected chi connectivity index (χ3v) is 4.92. The van der Waals surface area contributed by atoms with E-state index >= 15 is 0 Å². The molecule has 0 amide bonds. The molecule has 1 atom stereocenters. The van der Waals surface area contributed by atoms with Crippen LogP contribution < -0.4 is 5.32 Å². The molecule has 0 saturated heterocycles. The van der Waals surface area contributed by atoms with Crippen molar-refractivity contribution in [3.63, 3.8) is 0 Å². The van der Waals surface area contributed by atoms with Crippen LogP contribution in [0.4, 0.5) is 0 Å². The average Bonchev–Trinajstić information content (AvgIpc) is 2.09. The Balaban J connectivity index is 1.68. The molecule has 1 unspecified atom stereocenters. The van der Waals surface area contributed by atoms with Crippen LogP contribution >= 0.6 is 0 Å². The molecule has 94 valence electrons. The van der Waals surface area contributed by atoms with Crippen molar-refractivity contribution in [3.8, 4) is 0 Å². The predicted octanol–water partition coefficient (Wildman–Crippen LogP) is 2.64. The molecule has 0 heterocycles. The van der Waals surface area contributed by atoms with Crippen LogP contribution in [0.5, 0.6) is 0 Å². The maximum Gasteiger partial charge on any atom is 0.0328 e. The van der Waals surface area contributed by atoms with Crippen LogP contribution in [0, 0.1) is 5.92 Å². The van der Waals surface area contributed by atoms with Gasteiger partial charge < -0.3 is 10.2 Å². The molecule has 2 nitrogen and oxygen atoms in total. The largest absolute Gasteiger partial charge is 0.312 e. The van der Waals surface area contributed by atoms with Crippen molar-refractivity contribution < 1.29 is 0 Å². The number of hydrogen-bond acceptors (Lipinski definition) is 2. The van der Waals surface area contributed by atoms with Crippen LogP contribution in [0.1, 0.15) is 51.9 Å². The molecular weight excluding hydrogens is 196 g/mol. The van der Waals surface area contributed by atoms with E-state index < -0.39 is 0 Å². The lowest BCUT2D eigenvalue weighted by molar-refractivity contribution is 0.0561. The first-order valence-corrected chi connectivity index (χ1v) is 7.03. The molecule has 2 rings (SSSR count). The SMILES string of the molecule is CC(CC1CCC1)NCC1(N(C)C)CCC1. The Kier molecular flexibility index (Phi) is 3.91. The Morgan fingerprint density at radius 2 is 1.94 bits per heavy atom. The number of nitrogens with one attached hydrogen (secondary N) is 1. The summed E-state index contributed by atoms with van der Waals surface area (Å²) < 4.78 is 0. The summed E-state index contributed by atoms with van der Waals surface area (Å²) in [7, 11) is 4.47. The van der Waals surface area contributed by atoms with E-state index in [2.05, 4.69) is 31.2 Å². The van der Waals surface area contributed by atoms with E-state index in [4.69, 9.17) is 0 Å². The van der Waals surface area contributed by atoms with Crippen LogP contribution in [0.15, 0.2) is 0 Å². The zero-order chi connectivity index (χ0) is 11.6. The molecule has 0 aromatic carbocycles. The van der Waals surface area contributed by atoms with E-state index in [1.807, 2.05) is 0 Å². The maximum atomic E-state index is 3.76. The molecule has 0 aromatic rings. The molecule has 2 aliphatic carbocycles. The van der Waals surface area contributed by atoms with Crippen LogP contribution in [0.25, 0.3) is 0 Å². The monoisotopic (exact) mass is 224 g/mol. The highest BCUT2D eigenvalue weighted by molar-refractivity contribution is 4.98. The standard InChI is InChI=1S/C14H28N2/c1-12(10-13-6-4-7-13)15-11-14(16(2)3)8-5-9-14/h12-13,15H,4-11H2,1-3H3. The van der Waals surface area contributed by atoms with E-state index in [9.17, 15) is 0 Å². The van der Waals surface area contributed by atoms with E-state index in [-0.39, 0.29) is 0 Å². The smallest absolute Gasteiger partial charge is 0.0328 e. The van der Waals surface area contributed by atoms with Crippen LogP contribution in [0.2, 0.25) is 0 Å². The first-order chi connectivity index (χ1) is 7.62. The van der Waals surface area contributed by atoms with Gasteiger partial charge in [0.15, 0.2) is 0 Å². The van der Waals surface area contributed by atoms with Gasteiger partial charge in [0.2, 0.25) is 0 Å². The van der Waals surface area contributed by atoms with Gasteiger partial charge in [0, 0.05) is 18.1 Å². The van der Waals surface area contributed by atoms with Gasteiger partial charge in [0.25, 0.3) is 0 Å². The Bertz CT molecular complexity index is 217. The highest BCUT2D eigenvalue weighted by Gasteiger charge is 2.38. The molecule has 0 aliphatic heterocycles. The molecule has 2 heteroatoms. The Morgan fingerprint density at radius 1 is 1.25 bits per heavy atom. The molecule has 16 heavy (non-hydrogen) atoms. The van der Waals surface area contributed by atoms with Crippen molar-refractivity contribution in [2.75, 3.05) is 20.6 Å². The Labute approximate surface area is 101 Å². The zero-order valence-corrected chi connectivity index (χ0v) is 11.3. The summed E-state index contributed by atoms with van der Waals surface area (Å²) in [4.78, 5) is 2.43. The number of hydrogen-bond donors (Lipinski definition) is 1. The normalized spacial score (nSPS) is 26.2. The van der Waals surface area contributed by atoms with Crippen molar-refractivity contribution in [2.45, 2.75) is 63.5 Å². The maximum absolute atomic E-state index is 3.76. The summed E-state index contributed by atoms with van der Waals surface area (Å²) in [5, 5.41) is 3.76. The molecule has 0 spiro atoms. The van der Waals surface area contributed by atoms with Crippen molar-refractivity contribution in [1.29, 1.82) is 0 Å².